The van der Waals surface area contributed by atoms with E-state index in [1.807, 2.05) is 0 Å². The van der Waals surface area contributed by atoms with Crippen molar-refractivity contribution >= 4 is 21.7 Å². The lowest BCUT2D eigenvalue weighted by Crippen LogP contribution is -2.17. The number of nitrogen functional groups attached to an aromatic ring is 1. The number of ether oxygens (including phenoxy) is 1. The highest BCUT2D eigenvalue weighted by molar-refractivity contribution is 7.89. The summed E-state index contributed by atoms with van der Waals surface area (Å²) < 4.78 is 27.6. The van der Waals surface area contributed by atoms with Crippen LogP contribution in [-0.4, -0.2) is 31.7 Å². The van der Waals surface area contributed by atoms with Crippen molar-refractivity contribution in [2.45, 2.75) is 0 Å². The van der Waals surface area contributed by atoms with Crippen LogP contribution in [0.15, 0.2) is 12.3 Å². The van der Waals surface area contributed by atoms with E-state index in [0.717, 1.165) is 17.3 Å². The molecule has 0 saturated carbocycles. The van der Waals surface area contributed by atoms with Gasteiger partial charge in [-0.05, 0) is 6.07 Å². The summed E-state index contributed by atoms with van der Waals surface area (Å²) in [6.07, 6.45) is 2.18. The molecule has 0 amide bonds. The summed E-state index contributed by atoms with van der Waals surface area (Å²) in [4.78, 5) is 11.2. The Labute approximate surface area is 81.3 Å². The largest absolute Gasteiger partial charge is 0.464 e. The standard InChI is InChI=1S/C7H10N2O4S/c1-13-7(10)6-5(8)3-4-9(6)14(2,11)12/h3-4H,8H2,1-2H3. The number of nitrogens with zero attached hydrogens (tertiary/aromatic N) is 1. The summed E-state index contributed by atoms with van der Waals surface area (Å²) >= 11 is 0. The summed E-state index contributed by atoms with van der Waals surface area (Å²) in [5.74, 6) is -0.780. The van der Waals surface area contributed by atoms with Crippen LogP contribution < -0.4 is 5.73 Å². The van der Waals surface area contributed by atoms with E-state index in [-0.39, 0.29) is 11.4 Å². The first-order valence-electron chi connectivity index (χ1n) is 3.63. The van der Waals surface area contributed by atoms with Crippen LogP contribution in [-0.2, 0) is 14.8 Å². The number of anilines is 1. The molecular weight excluding hydrogens is 208 g/mol. The van der Waals surface area contributed by atoms with Gasteiger partial charge in [-0.15, -0.1) is 0 Å². The van der Waals surface area contributed by atoms with E-state index in [1.54, 1.807) is 0 Å². The number of methoxy groups -OCH3 is 1. The van der Waals surface area contributed by atoms with Gasteiger partial charge < -0.3 is 10.5 Å². The predicted octanol–water partition coefficient (Wildman–Crippen LogP) is -0.335. The second-order valence-electron chi connectivity index (χ2n) is 2.67. The van der Waals surface area contributed by atoms with Gasteiger partial charge in [-0.2, -0.15) is 0 Å². The maximum absolute atomic E-state index is 11.2. The molecule has 1 aromatic heterocycles. The van der Waals surface area contributed by atoms with Crippen LogP contribution in [0.1, 0.15) is 10.5 Å². The second-order valence-corrected chi connectivity index (χ2v) is 4.53. The zero-order chi connectivity index (χ0) is 10.9. The second kappa shape index (κ2) is 3.33. The van der Waals surface area contributed by atoms with Gasteiger partial charge in [-0.25, -0.2) is 17.2 Å². The molecule has 0 atom stereocenters. The molecule has 0 unspecified atom stereocenters. The predicted molar refractivity (Wildman–Crippen MR) is 50.4 cm³/mol. The molecular formula is C7H10N2O4S. The molecule has 1 heterocycles. The molecule has 2 N–H and O–H groups in total. The molecule has 1 aromatic rings. The van der Waals surface area contributed by atoms with Gasteiger partial charge in [0.15, 0.2) is 5.69 Å². The van der Waals surface area contributed by atoms with Crippen molar-refractivity contribution < 1.29 is 17.9 Å². The van der Waals surface area contributed by atoms with E-state index in [2.05, 4.69) is 4.74 Å². The molecule has 0 bridgehead atoms. The number of hydrogen-bond acceptors (Lipinski definition) is 5. The molecule has 0 fully saturated rings. The molecule has 6 nitrogen and oxygen atoms in total. The van der Waals surface area contributed by atoms with Crippen LogP contribution in [0, 0.1) is 0 Å². The Morgan fingerprint density at radius 1 is 1.57 bits per heavy atom. The van der Waals surface area contributed by atoms with E-state index in [0.29, 0.717) is 0 Å². The minimum absolute atomic E-state index is 0.0716. The molecule has 0 aliphatic rings. The Hall–Kier alpha value is -1.50. The molecule has 78 valence electrons. The summed E-state index contributed by atoms with van der Waals surface area (Å²) in [6, 6.07) is 1.33. The summed E-state index contributed by atoms with van der Waals surface area (Å²) in [7, 11) is -2.38. The van der Waals surface area contributed by atoms with Crippen molar-refractivity contribution in [1.82, 2.24) is 3.97 Å². The maximum atomic E-state index is 11.2. The van der Waals surface area contributed by atoms with Crippen LogP contribution in [0.4, 0.5) is 5.69 Å². The van der Waals surface area contributed by atoms with Gasteiger partial charge in [-0.3, -0.25) is 0 Å². The third-order valence-electron chi connectivity index (χ3n) is 1.62. The number of esters is 1. The lowest BCUT2D eigenvalue weighted by atomic mass is 10.4. The van der Waals surface area contributed by atoms with Crippen molar-refractivity contribution in [3.63, 3.8) is 0 Å². The third kappa shape index (κ3) is 1.72. The fourth-order valence-electron chi connectivity index (χ4n) is 1.01. The lowest BCUT2D eigenvalue weighted by molar-refractivity contribution is 0.0594. The molecule has 7 heteroatoms. The quantitative estimate of drug-likeness (QED) is 0.686. The van der Waals surface area contributed by atoms with Crippen molar-refractivity contribution in [2.24, 2.45) is 0 Å². The van der Waals surface area contributed by atoms with Gasteiger partial charge in [0, 0.05) is 6.20 Å². The van der Waals surface area contributed by atoms with E-state index >= 15 is 0 Å². The highest BCUT2D eigenvalue weighted by Crippen LogP contribution is 2.16. The first kappa shape index (κ1) is 10.6. The smallest absolute Gasteiger partial charge is 0.357 e. The maximum Gasteiger partial charge on any atom is 0.357 e. The highest BCUT2D eigenvalue weighted by Gasteiger charge is 2.20. The summed E-state index contributed by atoms with van der Waals surface area (Å²) in [5.41, 5.74) is 5.33. The Kier molecular flexibility index (Phi) is 2.52. The van der Waals surface area contributed by atoms with E-state index in [1.165, 1.54) is 12.3 Å². The van der Waals surface area contributed by atoms with Crippen molar-refractivity contribution in [1.29, 1.82) is 0 Å². The van der Waals surface area contributed by atoms with Gasteiger partial charge >= 0.3 is 5.97 Å². The fraction of sp³-hybridized carbons (Fsp3) is 0.286. The highest BCUT2D eigenvalue weighted by atomic mass is 32.2. The molecule has 1 rings (SSSR count). The third-order valence-corrected chi connectivity index (χ3v) is 2.64. The minimum Gasteiger partial charge on any atom is -0.464 e. The molecule has 14 heavy (non-hydrogen) atoms. The molecule has 0 aromatic carbocycles. The molecule has 0 saturated heterocycles. The van der Waals surface area contributed by atoms with Crippen LogP contribution in [0.3, 0.4) is 0 Å². The molecule has 0 aliphatic heterocycles. The number of carbonyl (C=O) groups excluding carboxylic acids is 1. The topological polar surface area (TPSA) is 91.4 Å². The number of carbonyl (C=O) groups is 1. The molecule has 0 spiro atoms. The Balaban J connectivity index is 3.42. The first-order valence-corrected chi connectivity index (χ1v) is 5.48. The van der Waals surface area contributed by atoms with Gasteiger partial charge in [0.1, 0.15) is 0 Å². The van der Waals surface area contributed by atoms with Gasteiger partial charge in [0.05, 0.1) is 19.1 Å². The van der Waals surface area contributed by atoms with E-state index in [9.17, 15) is 13.2 Å². The lowest BCUT2D eigenvalue weighted by Gasteiger charge is -2.05. The Morgan fingerprint density at radius 2 is 2.14 bits per heavy atom. The van der Waals surface area contributed by atoms with Crippen molar-refractivity contribution in [3.8, 4) is 0 Å². The average Bonchev–Trinajstić information content (AvgIpc) is 2.45. The fourth-order valence-corrected chi connectivity index (χ4v) is 1.80. The minimum atomic E-state index is -3.53. The van der Waals surface area contributed by atoms with E-state index < -0.39 is 16.0 Å². The zero-order valence-corrected chi connectivity index (χ0v) is 8.54. The zero-order valence-electron chi connectivity index (χ0n) is 7.72. The van der Waals surface area contributed by atoms with Gasteiger partial charge in [-0.1, -0.05) is 0 Å². The number of aromatic nitrogens is 1. The van der Waals surface area contributed by atoms with Crippen LogP contribution >= 0.6 is 0 Å². The molecule has 0 radical (unpaired) electrons. The van der Waals surface area contributed by atoms with E-state index in [4.69, 9.17) is 5.73 Å². The number of nitrogens with two attached hydrogens (primary N) is 1. The summed E-state index contributed by atoms with van der Waals surface area (Å²) in [5, 5.41) is 0. The monoisotopic (exact) mass is 218 g/mol. The van der Waals surface area contributed by atoms with Gasteiger partial charge in [0.2, 0.25) is 10.0 Å². The molecule has 0 aliphatic carbocycles. The Morgan fingerprint density at radius 3 is 2.57 bits per heavy atom. The van der Waals surface area contributed by atoms with Crippen molar-refractivity contribution in [2.75, 3.05) is 19.1 Å². The Bertz CT molecular complexity index is 460. The van der Waals surface area contributed by atoms with Gasteiger partial charge in [0.25, 0.3) is 0 Å². The number of rotatable bonds is 2. The van der Waals surface area contributed by atoms with Crippen LogP contribution in [0.5, 0.6) is 0 Å². The van der Waals surface area contributed by atoms with Crippen LogP contribution in [0.25, 0.3) is 0 Å². The van der Waals surface area contributed by atoms with Crippen LogP contribution in [0.2, 0.25) is 0 Å². The normalized spacial score (nSPS) is 11.3. The van der Waals surface area contributed by atoms with Crippen molar-refractivity contribution in [3.05, 3.63) is 18.0 Å². The SMILES string of the molecule is COC(=O)c1c(N)ccn1S(C)(=O)=O. The summed E-state index contributed by atoms with van der Waals surface area (Å²) in [6.45, 7) is 0. The average molecular weight is 218 g/mol. The number of hydrogen-bond donors (Lipinski definition) is 1. The first-order chi connectivity index (χ1) is 6.38.